The third-order valence-electron chi connectivity index (χ3n) is 8.20. The Morgan fingerprint density at radius 3 is 2.44 bits per heavy atom. The van der Waals surface area contributed by atoms with Crippen LogP contribution < -0.4 is 19.5 Å². The Morgan fingerprint density at radius 2 is 1.74 bits per heavy atom. The molecule has 2 aromatic carbocycles. The second-order valence-electron chi connectivity index (χ2n) is 11.5. The van der Waals surface area contributed by atoms with Crippen molar-refractivity contribution in [2.24, 2.45) is 0 Å². The first kappa shape index (κ1) is 27.2. The van der Waals surface area contributed by atoms with Crippen LogP contribution in [-0.2, 0) is 0 Å². The van der Waals surface area contributed by atoms with E-state index in [1.54, 1.807) is 7.11 Å². The van der Waals surface area contributed by atoms with Gasteiger partial charge in [0.15, 0.2) is 11.5 Å². The summed E-state index contributed by atoms with van der Waals surface area (Å²) in [5.74, 6) is 2.89. The molecule has 0 unspecified atom stereocenters. The van der Waals surface area contributed by atoms with Crippen molar-refractivity contribution >= 4 is 27.8 Å². The number of fused-ring (bicyclic) bond motifs is 4. The third-order valence-corrected chi connectivity index (χ3v) is 8.20. The summed E-state index contributed by atoms with van der Waals surface area (Å²) in [4.78, 5) is 28.8. The molecule has 0 spiro atoms. The van der Waals surface area contributed by atoms with Gasteiger partial charge in [-0.15, -0.1) is 0 Å². The van der Waals surface area contributed by atoms with Crippen molar-refractivity contribution in [3.05, 3.63) is 47.1 Å². The van der Waals surface area contributed by atoms with Crippen LogP contribution in [0.3, 0.4) is 0 Å². The van der Waals surface area contributed by atoms with Gasteiger partial charge in [-0.25, -0.2) is 9.97 Å². The summed E-state index contributed by atoms with van der Waals surface area (Å²) in [7, 11) is 1.65. The number of aryl methyl sites for hydroxylation is 3. The first-order valence-electron chi connectivity index (χ1n) is 14.5. The molecular weight excluding hydrogens is 548 g/mol. The molecule has 3 aromatic heterocycles. The Morgan fingerprint density at radius 1 is 1.00 bits per heavy atom. The maximum absolute atomic E-state index is 13.8. The number of methoxy groups -OCH3 is 1. The number of hydrogen-bond donors (Lipinski definition) is 2. The van der Waals surface area contributed by atoms with E-state index in [4.69, 9.17) is 28.7 Å². The predicted octanol–water partition coefficient (Wildman–Crippen LogP) is 4.96. The van der Waals surface area contributed by atoms with Gasteiger partial charge in [0, 0.05) is 47.2 Å². The highest BCUT2D eigenvalue weighted by Crippen LogP contribution is 2.46. The van der Waals surface area contributed by atoms with Gasteiger partial charge < -0.3 is 33.9 Å². The second-order valence-corrected chi connectivity index (χ2v) is 11.5. The average molecular weight is 583 g/mol. The zero-order valence-electron chi connectivity index (χ0n) is 25.1. The smallest absolute Gasteiger partial charge is 0.257 e. The van der Waals surface area contributed by atoms with Crippen LogP contribution in [0.2, 0.25) is 0 Å². The highest BCUT2D eigenvalue weighted by atomic mass is 16.6. The molecule has 11 heteroatoms. The van der Waals surface area contributed by atoms with E-state index in [1.807, 2.05) is 49.9 Å². The fourth-order valence-electron chi connectivity index (χ4n) is 6.52. The molecule has 1 saturated heterocycles. The standard InChI is InChI=1S/C32H34N6O5/c1-15-13-38(14-16(2)33-15)32(39)21-8-7-20(29-30(21)42-10-9-41-29)28-27-22-12-25(40-6)23(26-17(3)37-43-18(26)4)11-24(22)36-31(27)35-19(5)34-28/h7-8,11-12,15-16,33H,9-10,13-14H2,1-6H3,(H,34,35,36)/t15-,16+. The van der Waals surface area contributed by atoms with Gasteiger partial charge in [0.2, 0.25) is 0 Å². The molecule has 0 bridgehead atoms. The number of nitrogens with zero attached hydrogens (tertiary/aromatic N) is 4. The molecule has 43 heavy (non-hydrogen) atoms. The number of carbonyl (C=O) groups is 1. The first-order chi connectivity index (χ1) is 20.7. The molecule has 222 valence electrons. The molecule has 5 heterocycles. The van der Waals surface area contributed by atoms with Crippen molar-refractivity contribution in [2.45, 2.75) is 46.7 Å². The molecule has 0 radical (unpaired) electrons. The first-order valence-corrected chi connectivity index (χ1v) is 14.5. The summed E-state index contributed by atoms with van der Waals surface area (Å²) in [5, 5.41) is 9.34. The van der Waals surface area contributed by atoms with E-state index in [0.717, 1.165) is 38.7 Å². The molecule has 7 rings (SSSR count). The lowest BCUT2D eigenvalue weighted by Crippen LogP contribution is -2.55. The Hall–Kier alpha value is -4.64. The number of H-pyrrole nitrogens is 1. The van der Waals surface area contributed by atoms with Crippen molar-refractivity contribution in [1.82, 2.24) is 30.3 Å². The van der Waals surface area contributed by atoms with Crippen LogP contribution in [0.5, 0.6) is 17.2 Å². The number of amides is 1. The van der Waals surface area contributed by atoms with E-state index in [-0.39, 0.29) is 18.0 Å². The zero-order chi connectivity index (χ0) is 30.0. The molecule has 1 fully saturated rings. The fourth-order valence-corrected chi connectivity index (χ4v) is 6.52. The normalized spacial score (nSPS) is 18.4. The van der Waals surface area contributed by atoms with Crippen molar-refractivity contribution in [3.8, 4) is 39.6 Å². The maximum Gasteiger partial charge on any atom is 0.257 e. The lowest BCUT2D eigenvalue weighted by Gasteiger charge is -2.36. The molecule has 2 aliphatic rings. The number of ether oxygens (including phenoxy) is 3. The minimum atomic E-state index is -0.0683. The summed E-state index contributed by atoms with van der Waals surface area (Å²) in [6.07, 6.45) is 0. The van der Waals surface area contributed by atoms with Crippen LogP contribution in [-0.4, -0.2) is 76.4 Å². The number of carbonyl (C=O) groups excluding carboxylic acids is 1. The summed E-state index contributed by atoms with van der Waals surface area (Å²) in [5.41, 5.74) is 6.02. The number of aromatic nitrogens is 4. The van der Waals surface area contributed by atoms with Gasteiger partial charge in [0.1, 0.15) is 36.2 Å². The molecule has 0 aliphatic carbocycles. The minimum absolute atomic E-state index is 0.0683. The lowest BCUT2D eigenvalue weighted by atomic mass is 9.98. The van der Waals surface area contributed by atoms with Crippen molar-refractivity contribution < 1.29 is 23.5 Å². The van der Waals surface area contributed by atoms with Crippen LogP contribution in [0.15, 0.2) is 28.8 Å². The van der Waals surface area contributed by atoms with Gasteiger partial charge in [-0.2, -0.15) is 0 Å². The third kappa shape index (κ3) is 4.46. The molecule has 1 amide bonds. The van der Waals surface area contributed by atoms with Crippen LogP contribution in [0, 0.1) is 20.8 Å². The molecular formula is C32H34N6O5. The van der Waals surface area contributed by atoms with Gasteiger partial charge >= 0.3 is 0 Å². The molecule has 2 atom stereocenters. The fraction of sp³-hybridized carbons (Fsp3) is 0.375. The maximum atomic E-state index is 13.8. The number of benzene rings is 2. The van der Waals surface area contributed by atoms with E-state index < -0.39 is 0 Å². The highest BCUT2D eigenvalue weighted by Gasteiger charge is 2.32. The topological polar surface area (TPSA) is 128 Å². The van der Waals surface area contributed by atoms with E-state index in [1.165, 1.54) is 0 Å². The van der Waals surface area contributed by atoms with Crippen molar-refractivity contribution in [1.29, 1.82) is 0 Å². The lowest BCUT2D eigenvalue weighted by molar-refractivity contribution is 0.0664. The number of piperazine rings is 1. The quantitative estimate of drug-likeness (QED) is 0.302. The summed E-state index contributed by atoms with van der Waals surface area (Å²) in [6.45, 7) is 11.8. The molecule has 5 aromatic rings. The number of hydrogen-bond acceptors (Lipinski definition) is 9. The Balaban J connectivity index is 1.41. The van der Waals surface area contributed by atoms with Crippen LogP contribution >= 0.6 is 0 Å². The van der Waals surface area contributed by atoms with Crippen LogP contribution in [0.25, 0.3) is 44.3 Å². The highest BCUT2D eigenvalue weighted by molar-refractivity contribution is 6.14. The van der Waals surface area contributed by atoms with Crippen molar-refractivity contribution in [3.63, 3.8) is 0 Å². The summed E-state index contributed by atoms with van der Waals surface area (Å²) < 4.78 is 23.7. The van der Waals surface area contributed by atoms with E-state index in [2.05, 4.69) is 29.3 Å². The molecule has 2 N–H and O–H groups in total. The number of aromatic amines is 1. The van der Waals surface area contributed by atoms with Gasteiger partial charge in [0.25, 0.3) is 5.91 Å². The summed E-state index contributed by atoms with van der Waals surface area (Å²) >= 11 is 0. The SMILES string of the molecule is COc1cc2c(cc1-c1c(C)noc1C)[nH]c1nc(C)nc(-c3ccc(C(=O)N4C[C@@H](C)N[C@@H](C)C4)c4c3OCCO4)c12. The molecule has 2 aliphatic heterocycles. The van der Waals surface area contributed by atoms with Gasteiger partial charge in [-0.3, -0.25) is 4.79 Å². The van der Waals surface area contributed by atoms with Crippen LogP contribution in [0.1, 0.15) is 41.5 Å². The summed E-state index contributed by atoms with van der Waals surface area (Å²) in [6, 6.07) is 8.17. The Labute approximate surface area is 248 Å². The van der Waals surface area contributed by atoms with E-state index in [9.17, 15) is 4.79 Å². The van der Waals surface area contributed by atoms with Gasteiger partial charge in [0.05, 0.1) is 35.0 Å². The molecule has 0 saturated carbocycles. The predicted molar refractivity (Wildman–Crippen MR) is 162 cm³/mol. The van der Waals surface area contributed by atoms with E-state index >= 15 is 0 Å². The minimum Gasteiger partial charge on any atom is -0.496 e. The van der Waals surface area contributed by atoms with Crippen molar-refractivity contribution in [2.75, 3.05) is 33.4 Å². The van der Waals surface area contributed by atoms with Gasteiger partial charge in [-0.05, 0) is 58.9 Å². The average Bonchev–Trinajstić information content (AvgIpc) is 3.51. The second kappa shape index (κ2) is 10.3. The van der Waals surface area contributed by atoms with Crippen LogP contribution in [0.4, 0.5) is 0 Å². The van der Waals surface area contributed by atoms with E-state index in [0.29, 0.717) is 72.0 Å². The number of rotatable bonds is 4. The number of nitrogens with one attached hydrogen (secondary N) is 2. The zero-order valence-corrected chi connectivity index (χ0v) is 25.1. The monoisotopic (exact) mass is 582 g/mol. The Bertz CT molecular complexity index is 1880. The molecule has 11 nitrogen and oxygen atoms in total. The Kier molecular flexibility index (Phi) is 6.50. The van der Waals surface area contributed by atoms with Gasteiger partial charge in [-0.1, -0.05) is 5.16 Å². The largest absolute Gasteiger partial charge is 0.496 e.